The summed E-state index contributed by atoms with van der Waals surface area (Å²) in [4.78, 5) is 15.9. The topological polar surface area (TPSA) is 69.7 Å². The smallest absolute Gasteiger partial charge is 0.321 e. The first-order chi connectivity index (χ1) is 12.3. The standard InChI is InChI=1S/C19H23N3O3S/c1-21(2)18-8-6-15(7-9-18)16-4-3-5-17(14-16)20-19(23)22-10-12-26(24,25)13-11-22/h3-9,14H,10-13H2,1-2H3,(H,20,23). The minimum absolute atomic E-state index is 0.0265. The summed E-state index contributed by atoms with van der Waals surface area (Å²) in [5.74, 6) is 0.0529. The number of rotatable bonds is 3. The quantitative estimate of drug-likeness (QED) is 0.898. The number of benzene rings is 2. The Balaban J connectivity index is 1.70. The Morgan fingerprint density at radius 1 is 1.00 bits per heavy atom. The van der Waals surface area contributed by atoms with Gasteiger partial charge < -0.3 is 15.1 Å². The van der Waals surface area contributed by atoms with E-state index in [0.717, 1.165) is 16.8 Å². The molecule has 3 rings (SSSR count). The van der Waals surface area contributed by atoms with Crippen LogP contribution in [0.3, 0.4) is 0 Å². The molecule has 1 heterocycles. The number of hydrogen-bond donors (Lipinski definition) is 1. The number of hydrogen-bond acceptors (Lipinski definition) is 4. The molecule has 1 fully saturated rings. The maximum atomic E-state index is 12.4. The number of anilines is 2. The molecule has 0 aromatic heterocycles. The van der Waals surface area contributed by atoms with Crippen molar-refractivity contribution in [2.45, 2.75) is 0 Å². The van der Waals surface area contributed by atoms with Gasteiger partial charge in [0.2, 0.25) is 0 Å². The highest BCUT2D eigenvalue weighted by atomic mass is 32.2. The largest absolute Gasteiger partial charge is 0.378 e. The van der Waals surface area contributed by atoms with Gasteiger partial charge in [-0.15, -0.1) is 0 Å². The van der Waals surface area contributed by atoms with E-state index in [1.54, 1.807) is 4.90 Å². The van der Waals surface area contributed by atoms with E-state index in [2.05, 4.69) is 17.4 Å². The number of amides is 2. The van der Waals surface area contributed by atoms with Gasteiger partial charge in [0.05, 0.1) is 11.5 Å². The fourth-order valence-corrected chi connectivity index (χ4v) is 4.05. The molecule has 1 aliphatic rings. The first-order valence-electron chi connectivity index (χ1n) is 8.48. The van der Waals surface area contributed by atoms with Crippen LogP contribution in [0.5, 0.6) is 0 Å². The van der Waals surface area contributed by atoms with Gasteiger partial charge in [0, 0.05) is 38.6 Å². The highest BCUT2D eigenvalue weighted by Crippen LogP contribution is 2.25. The Labute approximate surface area is 154 Å². The van der Waals surface area contributed by atoms with Gasteiger partial charge in [0.25, 0.3) is 0 Å². The molecule has 0 unspecified atom stereocenters. The van der Waals surface area contributed by atoms with Crippen LogP contribution in [0.1, 0.15) is 0 Å². The van der Waals surface area contributed by atoms with E-state index < -0.39 is 9.84 Å². The Morgan fingerprint density at radius 3 is 2.27 bits per heavy atom. The van der Waals surface area contributed by atoms with Gasteiger partial charge in [-0.1, -0.05) is 24.3 Å². The minimum Gasteiger partial charge on any atom is -0.378 e. The molecule has 26 heavy (non-hydrogen) atoms. The van der Waals surface area contributed by atoms with Crippen LogP contribution in [0.25, 0.3) is 11.1 Å². The summed E-state index contributed by atoms with van der Waals surface area (Å²) in [5, 5.41) is 2.86. The van der Waals surface area contributed by atoms with E-state index >= 15 is 0 Å². The molecule has 0 saturated carbocycles. The van der Waals surface area contributed by atoms with Crippen LogP contribution in [0.2, 0.25) is 0 Å². The third kappa shape index (κ3) is 4.35. The third-order valence-corrected chi connectivity index (χ3v) is 6.07. The van der Waals surface area contributed by atoms with Gasteiger partial charge in [-0.2, -0.15) is 0 Å². The molecule has 1 N–H and O–H groups in total. The molecule has 0 spiro atoms. The lowest BCUT2D eigenvalue weighted by Gasteiger charge is -2.26. The predicted molar refractivity (Wildman–Crippen MR) is 105 cm³/mol. The average molecular weight is 373 g/mol. The summed E-state index contributed by atoms with van der Waals surface area (Å²) >= 11 is 0. The molecule has 0 radical (unpaired) electrons. The van der Waals surface area contributed by atoms with Crippen LogP contribution < -0.4 is 10.2 Å². The SMILES string of the molecule is CN(C)c1ccc(-c2cccc(NC(=O)N3CCS(=O)(=O)CC3)c2)cc1. The second-order valence-corrected chi connectivity index (χ2v) is 8.89. The average Bonchev–Trinajstić information content (AvgIpc) is 2.62. The molecule has 2 amide bonds. The fraction of sp³-hybridized carbons (Fsp3) is 0.316. The minimum atomic E-state index is -3.00. The van der Waals surface area contributed by atoms with Crippen molar-refractivity contribution in [1.82, 2.24) is 4.90 Å². The lowest BCUT2D eigenvalue weighted by molar-refractivity contribution is 0.216. The van der Waals surface area contributed by atoms with Crippen LogP contribution >= 0.6 is 0 Å². The van der Waals surface area contributed by atoms with E-state index in [1.165, 1.54) is 0 Å². The van der Waals surface area contributed by atoms with Gasteiger partial charge in [0.1, 0.15) is 0 Å². The lowest BCUT2D eigenvalue weighted by Crippen LogP contribution is -2.45. The Kier molecular flexibility index (Phi) is 5.18. The van der Waals surface area contributed by atoms with Crippen molar-refractivity contribution in [3.63, 3.8) is 0 Å². The van der Waals surface area contributed by atoms with Crippen molar-refractivity contribution in [2.24, 2.45) is 0 Å². The van der Waals surface area contributed by atoms with Crippen molar-refractivity contribution in [1.29, 1.82) is 0 Å². The normalized spacial score (nSPS) is 16.2. The predicted octanol–water partition coefficient (Wildman–Crippen LogP) is 2.68. The van der Waals surface area contributed by atoms with E-state index in [1.807, 2.05) is 55.4 Å². The molecule has 7 heteroatoms. The van der Waals surface area contributed by atoms with Crippen LogP contribution in [0.4, 0.5) is 16.2 Å². The molecule has 2 aromatic carbocycles. The van der Waals surface area contributed by atoms with Crippen molar-refractivity contribution < 1.29 is 13.2 Å². The van der Waals surface area contributed by atoms with E-state index in [0.29, 0.717) is 5.69 Å². The molecule has 0 bridgehead atoms. The Hall–Kier alpha value is -2.54. The fourth-order valence-electron chi connectivity index (χ4n) is 2.85. The monoisotopic (exact) mass is 373 g/mol. The van der Waals surface area contributed by atoms with E-state index in [4.69, 9.17) is 0 Å². The van der Waals surface area contributed by atoms with E-state index in [9.17, 15) is 13.2 Å². The Bertz CT molecular complexity index is 879. The molecular formula is C19H23N3O3S. The number of nitrogens with zero attached hydrogens (tertiary/aromatic N) is 2. The highest BCUT2D eigenvalue weighted by Gasteiger charge is 2.24. The van der Waals surface area contributed by atoms with Gasteiger partial charge in [-0.25, -0.2) is 13.2 Å². The maximum absolute atomic E-state index is 12.4. The zero-order valence-electron chi connectivity index (χ0n) is 15.0. The lowest BCUT2D eigenvalue weighted by atomic mass is 10.0. The maximum Gasteiger partial charge on any atom is 0.321 e. The van der Waals surface area contributed by atoms with Crippen molar-refractivity contribution in [3.05, 3.63) is 48.5 Å². The first-order valence-corrected chi connectivity index (χ1v) is 10.3. The third-order valence-electron chi connectivity index (χ3n) is 4.46. The molecular weight excluding hydrogens is 350 g/mol. The Morgan fingerprint density at radius 2 is 1.65 bits per heavy atom. The highest BCUT2D eigenvalue weighted by molar-refractivity contribution is 7.91. The van der Waals surface area contributed by atoms with Crippen molar-refractivity contribution >= 4 is 27.2 Å². The number of nitrogens with one attached hydrogen (secondary N) is 1. The first kappa shape index (κ1) is 18.3. The summed E-state index contributed by atoms with van der Waals surface area (Å²) in [5.41, 5.74) is 3.89. The van der Waals surface area contributed by atoms with Crippen LogP contribution in [-0.2, 0) is 9.84 Å². The summed E-state index contributed by atoms with van der Waals surface area (Å²) in [6.45, 7) is 0.472. The second-order valence-electron chi connectivity index (χ2n) is 6.59. The van der Waals surface area contributed by atoms with Crippen molar-refractivity contribution in [2.75, 3.05) is 48.9 Å². The van der Waals surface area contributed by atoms with Gasteiger partial charge >= 0.3 is 6.03 Å². The molecule has 6 nitrogen and oxygen atoms in total. The van der Waals surface area contributed by atoms with Crippen LogP contribution in [0.15, 0.2) is 48.5 Å². The summed E-state index contributed by atoms with van der Waals surface area (Å²) in [6.07, 6.45) is 0. The molecule has 0 aliphatic carbocycles. The molecule has 1 saturated heterocycles. The van der Waals surface area contributed by atoms with Gasteiger partial charge in [-0.3, -0.25) is 0 Å². The van der Waals surface area contributed by atoms with E-state index in [-0.39, 0.29) is 30.6 Å². The van der Waals surface area contributed by atoms with Crippen LogP contribution in [0, 0.1) is 0 Å². The molecule has 0 atom stereocenters. The zero-order chi connectivity index (χ0) is 18.7. The zero-order valence-corrected chi connectivity index (χ0v) is 15.8. The molecule has 2 aromatic rings. The number of urea groups is 1. The number of carbonyl (C=O) groups is 1. The number of sulfone groups is 1. The number of carbonyl (C=O) groups excluding carboxylic acids is 1. The summed E-state index contributed by atoms with van der Waals surface area (Å²) in [7, 11) is 0.994. The van der Waals surface area contributed by atoms with Crippen molar-refractivity contribution in [3.8, 4) is 11.1 Å². The summed E-state index contributed by atoms with van der Waals surface area (Å²) in [6, 6.07) is 15.6. The molecule has 138 valence electrons. The molecule has 1 aliphatic heterocycles. The van der Waals surface area contributed by atoms with Gasteiger partial charge in [-0.05, 0) is 35.4 Å². The van der Waals surface area contributed by atoms with Gasteiger partial charge in [0.15, 0.2) is 9.84 Å². The van der Waals surface area contributed by atoms with Crippen LogP contribution in [-0.4, -0.2) is 58.0 Å². The summed E-state index contributed by atoms with van der Waals surface area (Å²) < 4.78 is 23.0. The second kappa shape index (κ2) is 7.37.